The minimum Gasteiger partial charge on any atom is -0.466 e. The summed E-state index contributed by atoms with van der Waals surface area (Å²) >= 11 is 4.80. The first-order valence-corrected chi connectivity index (χ1v) is 12.9. The Balaban J connectivity index is 1.47. The van der Waals surface area contributed by atoms with Gasteiger partial charge in [-0.3, -0.25) is 14.5 Å². The molecule has 2 atom stereocenters. The second-order valence-electron chi connectivity index (χ2n) is 9.24. The van der Waals surface area contributed by atoms with Crippen molar-refractivity contribution in [2.75, 3.05) is 19.7 Å². The summed E-state index contributed by atoms with van der Waals surface area (Å²) in [5, 5.41) is 8.30. The number of aromatic nitrogens is 3. The van der Waals surface area contributed by atoms with Gasteiger partial charge in [-0.2, -0.15) is 12.6 Å². The number of ether oxygens (including phenoxy) is 1. The summed E-state index contributed by atoms with van der Waals surface area (Å²) in [7, 11) is 0. The number of carbonyl (C=O) groups is 2. The fourth-order valence-electron chi connectivity index (χ4n) is 4.58. The Bertz CT molecular complexity index is 1070. The van der Waals surface area contributed by atoms with Gasteiger partial charge < -0.3 is 4.74 Å². The minimum atomic E-state index is -0.584. The zero-order valence-corrected chi connectivity index (χ0v) is 21.0. The van der Waals surface area contributed by atoms with Crippen LogP contribution in [0.25, 0.3) is 6.08 Å². The van der Waals surface area contributed by atoms with Gasteiger partial charge in [0, 0.05) is 42.8 Å². The number of benzene rings is 1. The van der Waals surface area contributed by atoms with Crippen molar-refractivity contribution in [1.82, 2.24) is 19.9 Å². The molecule has 1 saturated carbocycles. The van der Waals surface area contributed by atoms with Crippen LogP contribution in [-0.2, 0) is 20.9 Å². The van der Waals surface area contributed by atoms with E-state index in [1.165, 1.54) is 6.07 Å². The summed E-state index contributed by atoms with van der Waals surface area (Å²) in [6.45, 7) is 4.03. The molecule has 2 aromatic rings. The van der Waals surface area contributed by atoms with E-state index < -0.39 is 6.04 Å². The third-order valence-corrected chi connectivity index (χ3v) is 7.19. The van der Waals surface area contributed by atoms with Crippen LogP contribution in [0.15, 0.2) is 36.0 Å². The largest absolute Gasteiger partial charge is 0.466 e. The van der Waals surface area contributed by atoms with E-state index in [4.69, 9.17) is 17.4 Å². The number of halogens is 1. The molecule has 2 aliphatic rings. The lowest BCUT2D eigenvalue weighted by atomic mass is 9.93. The number of esters is 1. The van der Waals surface area contributed by atoms with E-state index in [-0.39, 0.29) is 28.7 Å². The van der Waals surface area contributed by atoms with Crippen molar-refractivity contribution < 1.29 is 18.7 Å². The number of hydrogen-bond donors (Lipinski definition) is 1. The third kappa shape index (κ3) is 6.58. The van der Waals surface area contributed by atoms with Crippen LogP contribution in [0, 0.1) is 11.7 Å². The molecule has 0 N–H and O–H groups in total. The van der Waals surface area contributed by atoms with Crippen molar-refractivity contribution in [2.45, 2.75) is 63.3 Å². The molecule has 1 aromatic heterocycles. The predicted octanol–water partition coefficient (Wildman–Crippen LogP) is 4.26. The highest BCUT2D eigenvalue weighted by Gasteiger charge is 2.40. The van der Waals surface area contributed by atoms with Crippen molar-refractivity contribution in [3.8, 4) is 0 Å². The number of piperidine rings is 1. The summed E-state index contributed by atoms with van der Waals surface area (Å²) < 4.78 is 21.5. The van der Waals surface area contributed by atoms with Gasteiger partial charge in [0.1, 0.15) is 5.82 Å². The van der Waals surface area contributed by atoms with Crippen molar-refractivity contribution in [3.05, 3.63) is 53.1 Å². The first kappa shape index (κ1) is 25.6. The maximum absolute atomic E-state index is 14.8. The molecule has 0 radical (unpaired) electrons. The molecule has 1 saturated heterocycles. The molecule has 35 heavy (non-hydrogen) atoms. The molecule has 1 aliphatic heterocycles. The molecule has 0 spiro atoms. The highest BCUT2D eigenvalue weighted by molar-refractivity contribution is 7.81. The molecule has 2 heterocycles. The summed E-state index contributed by atoms with van der Waals surface area (Å²) in [5.74, 6) is -0.379. The van der Waals surface area contributed by atoms with E-state index in [0.29, 0.717) is 44.6 Å². The molecule has 7 nitrogen and oxygen atoms in total. The minimum absolute atomic E-state index is 0.0287. The topological polar surface area (TPSA) is 77.3 Å². The van der Waals surface area contributed by atoms with Crippen molar-refractivity contribution in [2.24, 2.45) is 5.92 Å². The van der Waals surface area contributed by atoms with E-state index in [9.17, 15) is 14.0 Å². The molecule has 2 unspecified atom stereocenters. The lowest BCUT2D eigenvalue weighted by Gasteiger charge is -2.37. The van der Waals surface area contributed by atoms with E-state index in [1.807, 2.05) is 10.8 Å². The van der Waals surface area contributed by atoms with Gasteiger partial charge in [0.05, 0.1) is 24.5 Å². The quantitative estimate of drug-likeness (QED) is 0.282. The monoisotopic (exact) mass is 500 g/mol. The number of carbonyl (C=O) groups excluding carboxylic acids is 2. The first-order chi connectivity index (χ1) is 17.0. The SMILES string of the molecule is CCOC(=O)CCCCn1nncc1/C=C1/CN(C(C(=O)C2CC2)c2ccccc2F)CCC1S. The maximum atomic E-state index is 14.8. The zero-order valence-electron chi connectivity index (χ0n) is 20.1. The second-order valence-corrected chi connectivity index (χ2v) is 9.86. The molecule has 0 amide bonds. The lowest BCUT2D eigenvalue weighted by molar-refractivity contribution is -0.143. The van der Waals surface area contributed by atoms with Gasteiger partial charge in [-0.1, -0.05) is 23.4 Å². The summed E-state index contributed by atoms with van der Waals surface area (Å²) in [6.07, 6.45) is 8.16. The van der Waals surface area contributed by atoms with Crippen LogP contribution in [0.1, 0.15) is 62.7 Å². The summed E-state index contributed by atoms with van der Waals surface area (Å²) in [6, 6.07) is 6.02. The van der Waals surface area contributed by atoms with Crippen LogP contribution in [0.5, 0.6) is 0 Å². The number of aryl methyl sites for hydroxylation is 1. The van der Waals surface area contributed by atoms with Crippen LogP contribution < -0.4 is 0 Å². The van der Waals surface area contributed by atoms with Crippen LogP contribution >= 0.6 is 12.6 Å². The molecule has 4 rings (SSSR count). The molecular formula is C26H33FN4O3S. The van der Waals surface area contributed by atoms with Crippen molar-refractivity contribution in [1.29, 1.82) is 0 Å². The average Bonchev–Trinajstić information content (AvgIpc) is 3.61. The summed E-state index contributed by atoms with van der Waals surface area (Å²) in [4.78, 5) is 26.9. The van der Waals surface area contributed by atoms with Crippen LogP contribution in [0.3, 0.4) is 0 Å². The fraction of sp³-hybridized carbons (Fsp3) is 0.538. The van der Waals surface area contributed by atoms with E-state index in [0.717, 1.165) is 37.0 Å². The van der Waals surface area contributed by atoms with E-state index >= 15 is 0 Å². The van der Waals surface area contributed by atoms with E-state index in [2.05, 4.69) is 15.2 Å². The Hall–Kier alpha value is -2.52. The number of nitrogens with zero attached hydrogens (tertiary/aromatic N) is 4. The Labute approximate surface area is 211 Å². The number of thiol groups is 1. The fourth-order valence-corrected chi connectivity index (χ4v) is 4.85. The van der Waals surface area contributed by atoms with Gasteiger partial charge in [0.15, 0.2) is 5.78 Å². The number of likely N-dealkylation sites (tertiary alicyclic amines) is 1. The Kier molecular flexibility index (Phi) is 8.73. The number of unbranched alkanes of at least 4 members (excludes halogenated alkanes) is 1. The lowest BCUT2D eigenvalue weighted by Crippen LogP contribution is -2.42. The van der Waals surface area contributed by atoms with Crippen LogP contribution in [0.4, 0.5) is 4.39 Å². The number of hydrogen-bond acceptors (Lipinski definition) is 7. The van der Waals surface area contributed by atoms with Gasteiger partial charge in [0.25, 0.3) is 0 Å². The normalized spacial score (nSPS) is 20.7. The van der Waals surface area contributed by atoms with Gasteiger partial charge in [-0.05, 0) is 56.7 Å². The summed E-state index contributed by atoms with van der Waals surface area (Å²) in [5.41, 5.74) is 2.36. The van der Waals surface area contributed by atoms with Crippen molar-refractivity contribution in [3.63, 3.8) is 0 Å². The molecule has 0 bridgehead atoms. The van der Waals surface area contributed by atoms with Gasteiger partial charge in [-0.25, -0.2) is 9.07 Å². The number of rotatable bonds is 11. The number of ketones is 1. The molecule has 1 aromatic carbocycles. The first-order valence-electron chi connectivity index (χ1n) is 12.4. The number of Topliss-reactive ketones (excluding diaryl/α,β-unsaturated/α-hetero) is 1. The van der Waals surface area contributed by atoms with Crippen LogP contribution in [0.2, 0.25) is 0 Å². The average molecular weight is 501 g/mol. The second kappa shape index (κ2) is 11.9. The van der Waals surface area contributed by atoms with Crippen LogP contribution in [-0.4, -0.2) is 56.6 Å². The van der Waals surface area contributed by atoms with Gasteiger partial charge in [0.2, 0.25) is 0 Å². The maximum Gasteiger partial charge on any atom is 0.305 e. The standard InChI is InChI=1S/C26H33FN4O3S/c1-2-34-24(32)9-5-6-13-31-20(16-28-29-31)15-19-17-30(14-12-23(19)35)25(26(33)18-10-11-18)21-7-3-4-8-22(21)27/h3-4,7-8,15-16,18,23,25,35H,2,5-6,9-14,17H2,1H3/b19-15-. The van der Waals surface area contributed by atoms with Crippen molar-refractivity contribution >= 4 is 30.5 Å². The third-order valence-electron chi connectivity index (χ3n) is 6.60. The Morgan fingerprint density at radius 2 is 2.06 bits per heavy atom. The molecule has 9 heteroatoms. The van der Waals surface area contributed by atoms with E-state index in [1.54, 1.807) is 31.3 Å². The molecule has 188 valence electrons. The Morgan fingerprint density at radius 3 is 2.80 bits per heavy atom. The molecular weight excluding hydrogens is 467 g/mol. The van der Waals surface area contributed by atoms with Gasteiger partial charge >= 0.3 is 5.97 Å². The smallest absolute Gasteiger partial charge is 0.305 e. The Morgan fingerprint density at radius 1 is 1.26 bits per heavy atom. The van der Waals surface area contributed by atoms with Gasteiger partial charge in [-0.15, -0.1) is 5.10 Å². The highest BCUT2D eigenvalue weighted by atomic mass is 32.1. The zero-order chi connectivity index (χ0) is 24.8. The molecule has 1 aliphatic carbocycles. The highest BCUT2D eigenvalue weighted by Crippen LogP contribution is 2.39. The molecule has 2 fully saturated rings. The predicted molar refractivity (Wildman–Crippen MR) is 134 cm³/mol.